The van der Waals surface area contributed by atoms with E-state index in [0.717, 1.165) is 11.6 Å². The fraction of sp³-hybridized carbons (Fsp3) is 0.300. The molecule has 0 aliphatic rings. The summed E-state index contributed by atoms with van der Waals surface area (Å²) in [5, 5.41) is 7.97. The van der Waals surface area contributed by atoms with E-state index >= 15 is 0 Å². The van der Waals surface area contributed by atoms with Crippen LogP contribution in [-0.4, -0.2) is 19.3 Å². The molecule has 0 N–H and O–H groups in total. The lowest BCUT2D eigenvalue weighted by atomic mass is 10.4. The predicted octanol–water partition coefficient (Wildman–Crippen LogP) is 1.10. The first-order valence-corrected chi connectivity index (χ1v) is 5.58. The number of aryl methyl sites for hydroxylation is 1. The molecular formula is C10H11BrN4O. The molecule has 0 radical (unpaired) electrons. The first-order chi connectivity index (χ1) is 7.59. The monoisotopic (exact) mass is 282 g/mol. The Hall–Kier alpha value is -1.43. The summed E-state index contributed by atoms with van der Waals surface area (Å²) >= 11 is 3.21. The summed E-state index contributed by atoms with van der Waals surface area (Å²) < 4.78 is 4.01. The van der Waals surface area contributed by atoms with E-state index in [1.807, 2.05) is 24.6 Å². The zero-order valence-corrected chi connectivity index (χ0v) is 10.6. The van der Waals surface area contributed by atoms with Gasteiger partial charge in [-0.05, 0) is 35.0 Å². The van der Waals surface area contributed by atoms with Crippen LogP contribution in [0.15, 0.2) is 27.6 Å². The highest BCUT2D eigenvalue weighted by Gasteiger charge is 2.07. The van der Waals surface area contributed by atoms with Crippen molar-refractivity contribution in [1.82, 2.24) is 19.3 Å². The second kappa shape index (κ2) is 4.21. The van der Waals surface area contributed by atoms with Crippen LogP contribution in [0, 0.1) is 6.92 Å². The van der Waals surface area contributed by atoms with Gasteiger partial charge in [0.1, 0.15) is 5.82 Å². The maximum absolute atomic E-state index is 11.7. The Labute approximate surface area is 101 Å². The van der Waals surface area contributed by atoms with Gasteiger partial charge in [-0.3, -0.25) is 4.79 Å². The highest BCUT2D eigenvalue weighted by Crippen LogP contribution is 2.03. The van der Waals surface area contributed by atoms with Crippen molar-refractivity contribution in [2.45, 2.75) is 13.5 Å². The van der Waals surface area contributed by atoms with Gasteiger partial charge in [-0.15, -0.1) is 10.2 Å². The Morgan fingerprint density at radius 2 is 2.19 bits per heavy atom. The van der Waals surface area contributed by atoms with Crippen LogP contribution in [0.3, 0.4) is 0 Å². The minimum atomic E-state index is -0.0665. The van der Waals surface area contributed by atoms with Crippen LogP contribution >= 0.6 is 15.9 Å². The summed E-state index contributed by atoms with van der Waals surface area (Å²) in [4.78, 5) is 11.7. The molecule has 2 aromatic rings. The van der Waals surface area contributed by atoms with Crippen LogP contribution in [0.1, 0.15) is 11.6 Å². The number of nitrogens with zero attached hydrogens (tertiary/aromatic N) is 4. The third kappa shape index (κ3) is 1.92. The molecule has 0 spiro atoms. The van der Waals surface area contributed by atoms with Crippen molar-refractivity contribution in [2.75, 3.05) is 0 Å². The third-order valence-corrected chi connectivity index (χ3v) is 3.07. The molecule has 6 heteroatoms. The highest BCUT2D eigenvalue weighted by atomic mass is 79.9. The van der Waals surface area contributed by atoms with Crippen molar-refractivity contribution >= 4 is 15.9 Å². The van der Waals surface area contributed by atoms with E-state index in [4.69, 9.17) is 0 Å². The van der Waals surface area contributed by atoms with Gasteiger partial charge in [0.05, 0.1) is 11.0 Å². The molecular weight excluding hydrogens is 272 g/mol. The molecule has 2 aromatic heterocycles. The largest absolute Gasteiger partial charge is 0.317 e. The summed E-state index contributed by atoms with van der Waals surface area (Å²) in [6.45, 7) is 2.30. The van der Waals surface area contributed by atoms with Gasteiger partial charge in [0.25, 0.3) is 5.56 Å². The number of rotatable bonds is 2. The van der Waals surface area contributed by atoms with Gasteiger partial charge in [-0.2, -0.15) is 0 Å². The second-order valence-electron chi connectivity index (χ2n) is 3.51. The Balaban J connectivity index is 2.38. The van der Waals surface area contributed by atoms with Crippen molar-refractivity contribution in [2.24, 2.45) is 7.05 Å². The normalized spacial score (nSPS) is 10.7. The smallest absolute Gasteiger partial charge is 0.265 e. The molecule has 2 rings (SSSR count). The van der Waals surface area contributed by atoms with Gasteiger partial charge in [-0.25, -0.2) is 0 Å². The first-order valence-electron chi connectivity index (χ1n) is 4.79. The van der Waals surface area contributed by atoms with Crippen molar-refractivity contribution in [3.63, 3.8) is 0 Å². The third-order valence-electron chi connectivity index (χ3n) is 2.47. The Morgan fingerprint density at radius 1 is 1.44 bits per heavy atom. The topological polar surface area (TPSA) is 52.7 Å². The minimum Gasteiger partial charge on any atom is -0.317 e. The van der Waals surface area contributed by atoms with E-state index in [1.54, 1.807) is 16.8 Å². The standard InChI is InChI=1S/C10H11BrN4O/c1-7-12-13-9(14(7)2)6-15-5-3-4-8(11)10(15)16/h3-5H,6H2,1-2H3. The summed E-state index contributed by atoms with van der Waals surface area (Å²) in [6, 6.07) is 3.54. The molecule has 84 valence electrons. The van der Waals surface area contributed by atoms with Crippen LogP contribution < -0.4 is 5.56 Å². The molecule has 0 aliphatic carbocycles. The molecule has 0 bridgehead atoms. The lowest BCUT2D eigenvalue weighted by molar-refractivity contribution is 0.669. The van der Waals surface area contributed by atoms with E-state index in [0.29, 0.717) is 11.0 Å². The van der Waals surface area contributed by atoms with E-state index < -0.39 is 0 Å². The SMILES string of the molecule is Cc1nnc(Cn2cccc(Br)c2=O)n1C. The zero-order valence-electron chi connectivity index (χ0n) is 9.01. The van der Waals surface area contributed by atoms with E-state index in [2.05, 4.69) is 26.1 Å². The number of hydrogen-bond acceptors (Lipinski definition) is 3. The van der Waals surface area contributed by atoms with Gasteiger partial charge in [0.2, 0.25) is 0 Å². The molecule has 0 saturated carbocycles. The lowest BCUT2D eigenvalue weighted by Crippen LogP contribution is -2.21. The van der Waals surface area contributed by atoms with Crippen molar-refractivity contribution in [3.05, 3.63) is 44.8 Å². The summed E-state index contributed by atoms with van der Waals surface area (Å²) in [5.74, 6) is 1.59. The number of hydrogen-bond donors (Lipinski definition) is 0. The van der Waals surface area contributed by atoms with Gasteiger partial charge in [-0.1, -0.05) is 0 Å². The summed E-state index contributed by atoms with van der Waals surface area (Å²) in [5.41, 5.74) is -0.0665. The summed E-state index contributed by atoms with van der Waals surface area (Å²) in [7, 11) is 1.88. The van der Waals surface area contributed by atoms with Crippen LogP contribution in [0.5, 0.6) is 0 Å². The van der Waals surface area contributed by atoms with Crippen molar-refractivity contribution < 1.29 is 0 Å². The molecule has 0 aliphatic heterocycles. The molecule has 0 saturated heterocycles. The molecule has 5 nitrogen and oxygen atoms in total. The van der Waals surface area contributed by atoms with E-state index in [1.165, 1.54) is 0 Å². The van der Waals surface area contributed by atoms with E-state index in [9.17, 15) is 4.79 Å². The van der Waals surface area contributed by atoms with Crippen molar-refractivity contribution in [1.29, 1.82) is 0 Å². The van der Waals surface area contributed by atoms with Crippen LogP contribution in [-0.2, 0) is 13.6 Å². The predicted molar refractivity (Wildman–Crippen MR) is 63.2 cm³/mol. The van der Waals surface area contributed by atoms with Gasteiger partial charge in [0.15, 0.2) is 5.82 Å². The molecule has 0 amide bonds. The maximum atomic E-state index is 11.7. The Kier molecular flexibility index (Phi) is 2.91. The fourth-order valence-corrected chi connectivity index (χ4v) is 1.75. The van der Waals surface area contributed by atoms with Gasteiger partial charge < -0.3 is 9.13 Å². The van der Waals surface area contributed by atoms with Gasteiger partial charge in [0, 0.05) is 13.2 Å². The molecule has 0 atom stereocenters. The van der Waals surface area contributed by atoms with Gasteiger partial charge >= 0.3 is 0 Å². The fourth-order valence-electron chi connectivity index (χ4n) is 1.37. The number of halogens is 1. The van der Waals surface area contributed by atoms with Crippen LogP contribution in [0.25, 0.3) is 0 Å². The van der Waals surface area contributed by atoms with Crippen LogP contribution in [0.2, 0.25) is 0 Å². The average molecular weight is 283 g/mol. The van der Waals surface area contributed by atoms with Crippen molar-refractivity contribution in [3.8, 4) is 0 Å². The number of aromatic nitrogens is 4. The molecule has 0 aromatic carbocycles. The number of pyridine rings is 1. The van der Waals surface area contributed by atoms with Crippen LogP contribution in [0.4, 0.5) is 0 Å². The Bertz CT molecular complexity index is 572. The Morgan fingerprint density at radius 3 is 2.81 bits per heavy atom. The van der Waals surface area contributed by atoms with E-state index in [-0.39, 0.29) is 5.56 Å². The average Bonchev–Trinajstić information content (AvgIpc) is 2.57. The highest BCUT2D eigenvalue weighted by molar-refractivity contribution is 9.10. The maximum Gasteiger partial charge on any atom is 0.265 e. The quantitative estimate of drug-likeness (QED) is 0.829. The first kappa shape index (κ1) is 11.1. The summed E-state index contributed by atoms with van der Waals surface area (Å²) in [6.07, 6.45) is 1.73. The molecule has 0 fully saturated rings. The zero-order chi connectivity index (χ0) is 11.7. The molecule has 16 heavy (non-hydrogen) atoms. The molecule has 0 unspecified atom stereocenters. The minimum absolute atomic E-state index is 0.0665. The lowest BCUT2D eigenvalue weighted by Gasteiger charge is -2.05. The molecule has 2 heterocycles. The second-order valence-corrected chi connectivity index (χ2v) is 4.37.